The number of aromatic nitrogens is 3. The molecule has 2 atom stereocenters. The molecule has 1 aliphatic rings. The molecule has 0 radical (unpaired) electrons. The lowest BCUT2D eigenvalue weighted by Gasteiger charge is -2.16. The van der Waals surface area contributed by atoms with Crippen LogP contribution in [0, 0.1) is 13.8 Å². The third kappa shape index (κ3) is 3.17. The Balaban J connectivity index is 1.82. The van der Waals surface area contributed by atoms with E-state index in [-0.39, 0.29) is 13.1 Å². The SMILES string of the molecule is Cc1ccnc(-n2nc(C)cc2NC(=O)N2CC(O)C(O)C2)c1. The van der Waals surface area contributed by atoms with Gasteiger partial charge in [-0.1, -0.05) is 0 Å². The molecular weight excluding hydrogens is 298 g/mol. The first-order chi connectivity index (χ1) is 10.9. The van der Waals surface area contributed by atoms with E-state index in [0.717, 1.165) is 11.3 Å². The molecule has 0 aromatic carbocycles. The molecule has 1 fully saturated rings. The number of likely N-dealkylation sites (tertiary alicyclic amines) is 1. The Morgan fingerprint density at radius 1 is 1.26 bits per heavy atom. The molecule has 0 aliphatic carbocycles. The van der Waals surface area contributed by atoms with Gasteiger partial charge in [0.05, 0.1) is 31.0 Å². The first-order valence-electron chi connectivity index (χ1n) is 7.36. The standard InChI is InChI=1S/C15H19N5O3/c1-9-3-4-16-13(5-9)20-14(6-10(2)18-20)17-15(23)19-7-11(21)12(22)8-19/h3-6,11-12,21-22H,7-8H2,1-2H3,(H,17,23). The van der Waals surface area contributed by atoms with Crippen LogP contribution >= 0.6 is 0 Å². The molecule has 23 heavy (non-hydrogen) atoms. The molecule has 3 N–H and O–H groups in total. The summed E-state index contributed by atoms with van der Waals surface area (Å²) in [5.41, 5.74) is 1.77. The fourth-order valence-corrected chi connectivity index (χ4v) is 2.52. The molecule has 3 rings (SSSR count). The number of β-amino-alcohol motifs (C(OH)–C–C–N with tert-alkyl or cyclic N) is 2. The average Bonchev–Trinajstić information content (AvgIpc) is 3.02. The second-order valence-corrected chi connectivity index (χ2v) is 5.74. The molecule has 1 aliphatic heterocycles. The van der Waals surface area contributed by atoms with E-state index in [1.165, 1.54) is 4.90 Å². The Labute approximate surface area is 133 Å². The number of hydrogen-bond acceptors (Lipinski definition) is 5. The number of urea groups is 1. The Kier molecular flexibility index (Phi) is 4.01. The van der Waals surface area contributed by atoms with Crippen molar-refractivity contribution >= 4 is 11.8 Å². The fourth-order valence-electron chi connectivity index (χ4n) is 2.52. The van der Waals surface area contributed by atoms with Crippen molar-refractivity contribution in [3.8, 4) is 5.82 Å². The lowest BCUT2D eigenvalue weighted by Crippen LogP contribution is -2.34. The number of carbonyl (C=O) groups is 1. The van der Waals surface area contributed by atoms with Crippen LogP contribution in [0.1, 0.15) is 11.3 Å². The van der Waals surface area contributed by atoms with Crippen LogP contribution in [0.5, 0.6) is 0 Å². The fraction of sp³-hybridized carbons (Fsp3) is 0.400. The molecule has 2 unspecified atom stereocenters. The van der Waals surface area contributed by atoms with Crippen molar-refractivity contribution in [2.75, 3.05) is 18.4 Å². The third-order valence-electron chi connectivity index (χ3n) is 3.73. The maximum Gasteiger partial charge on any atom is 0.323 e. The zero-order chi connectivity index (χ0) is 16.6. The predicted molar refractivity (Wildman–Crippen MR) is 83.4 cm³/mol. The van der Waals surface area contributed by atoms with Crippen LogP contribution in [0.4, 0.5) is 10.6 Å². The number of carbonyl (C=O) groups excluding carboxylic acids is 1. The van der Waals surface area contributed by atoms with Gasteiger partial charge in [0.15, 0.2) is 5.82 Å². The van der Waals surface area contributed by atoms with Gasteiger partial charge in [-0.15, -0.1) is 0 Å². The van der Waals surface area contributed by atoms with E-state index in [1.54, 1.807) is 16.9 Å². The van der Waals surface area contributed by atoms with E-state index in [0.29, 0.717) is 11.6 Å². The minimum absolute atomic E-state index is 0.100. The lowest BCUT2D eigenvalue weighted by molar-refractivity contribution is 0.0572. The topological polar surface area (TPSA) is 104 Å². The minimum atomic E-state index is -0.911. The summed E-state index contributed by atoms with van der Waals surface area (Å²) >= 11 is 0. The van der Waals surface area contributed by atoms with Gasteiger partial charge >= 0.3 is 6.03 Å². The van der Waals surface area contributed by atoms with Crippen LogP contribution in [0.15, 0.2) is 24.4 Å². The first kappa shape index (κ1) is 15.4. The predicted octanol–water partition coefficient (Wildman–Crippen LogP) is 0.453. The number of hydrogen-bond donors (Lipinski definition) is 3. The Morgan fingerprint density at radius 3 is 2.61 bits per heavy atom. The molecule has 2 amide bonds. The van der Waals surface area contributed by atoms with Gasteiger partial charge < -0.3 is 15.1 Å². The summed E-state index contributed by atoms with van der Waals surface area (Å²) in [7, 11) is 0. The number of nitrogens with zero attached hydrogens (tertiary/aromatic N) is 4. The van der Waals surface area contributed by atoms with Gasteiger partial charge in [-0.05, 0) is 31.5 Å². The highest BCUT2D eigenvalue weighted by molar-refractivity contribution is 5.89. The summed E-state index contributed by atoms with van der Waals surface area (Å²) in [4.78, 5) is 17.9. The van der Waals surface area contributed by atoms with E-state index < -0.39 is 18.2 Å². The molecule has 0 bridgehead atoms. The molecule has 8 nitrogen and oxygen atoms in total. The van der Waals surface area contributed by atoms with Crippen molar-refractivity contribution in [2.45, 2.75) is 26.1 Å². The number of aliphatic hydroxyl groups is 2. The molecular formula is C15H19N5O3. The molecule has 2 aromatic rings. The van der Waals surface area contributed by atoms with Crippen molar-refractivity contribution in [3.63, 3.8) is 0 Å². The van der Waals surface area contributed by atoms with Crippen molar-refractivity contribution in [2.24, 2.45) is 0 Å². The van der Waals surface area contributed by atoms with E-state index in [2.05, 4.69) is 15.4 Å². The normalized spacial score (nSPS) is 20.8. The van der Waals surface area contributed by atoms with Gasteiger partial charge in [0, 0.05) is 12.3 Å². The number of aliphatic hydroxyl groups excluding tert-OH is 2. The van der Waals surface area contributed by atoms with Crippen LogP contribution < -0.4 is 5.32 Å². The van der Waals surface area contributed by atoms with Gasteiger partial charge in [0.1, 0.15) is 5.82 Å². The third-order valence-corrected chi connectivity index (χ3v) is 3.73. The van der Waals surface area contributed by atoms with Crippen LogP contribution in [-0.4, -0.2) is 61.2 Å². The van der Waals surface area contributed by atoms with Crippen molar-refractivity contribution in [1.82, 2.24) is 19.7 Å². The maximum absolute atomic E-state index is 12.3. The Morgan fingerprint density at radius 2 is 1.96 bits per heavy atom. The van der Waals surface area contributed by atoms with Crippen molar-refractivity contribution in [1.29, 1.82) is 0 Å². The van der Waals surface area contributed by atoms with Gasteiger partial charge in [0.2, 0.25) is 0 Å². The van der Waals surface area contributed by atoms with Gasteiger partial charge in [0.25, 0.3) is 0 Å². The van der Waals surface area contributed by atoms with Crippen LogP contribution in [0.25, 0.3) is 5.82 Å². The molecule has 2 aromatic heterocycles. The van der Waals surface area contributed by atoms with Crippen LogP contribution in [0.3, 0.4) is 0 Å². The Hall–Kier alpha value is -2.45. The number of anilines is 1. The number of pyridine rings is 1. The average molecular weight is 317 g/mol. The number of amides is 2. The molecule has 122 valence electrons. The maximum atomic E-state index is 12.3. The van der Waals surface area contributed by atoms with Crippen LogP contribution in [-0.2, 0) is 0 Å². The summed E-state index contributed by atoms with van der Waals surface area (Å²) in [6, 6.07) is 5.09. The Bertz CT molecular complexity index is 720. The van der Waals surface area contributed by atoms with E-state index >= 15 is 0 Å². The van der Waals surface area contributed by atoms with Gasteiger partial charge in [-0.25, -0.2) is 9.78 Å². The van der Waals surface area contributed by atoms with Gasteiger partial charge in [-0.2, -0.15) is 9.78 Å². The zero-order valence-electron chi connectivity index (χ0n) is 13.0. The van der Waals surface area contributed by atoms with E-state index in [1.807, 2.05) is 26.0 Å². The van der Waals surface area contributed by atoms with Crippen molar-refractivity contribution in [3.05, 3.63) is 35.7 Å². The molecule has 8 heteroatoms. The summed E-state index contributed by atoms with van der Waals surface area (Å²) in [6.07, 6.45) is -0.142. The van der Waals surface area contributed by atoms with E-state index in [4.69, 9.17) is 0 Å². The smallest absolute Gasteiger partial charge is 0.323 e. The zero-order valence-corrected chi connectivity index (χ0v) is 13.0. The summed E-state index contributed by atoms with van der Waals surface area (Å²) in [6.45, 7) is 3.98. The summed E-state index contributed by atoms with van der Waals surface area (Å²) in [5, 5.41) is 26.2. The van der Waals surface area contributed by atoms with Crippen molar-refractivity contribution < 1.29 is 15.0 Å². The lowest BCUT2D eigenvalue weighted by atomic mass is 10.3. The molecule has 3 heterocycles. The second-order valence-electron chi connectivity index (χ2n) is 5.74. The number of nitrogens with one attached hydrogen (secondary N) is 1. The number of aryl methyl sites for hydroxylation is 2. The molecule has 0 spiro atoms. The summed E-state index contributed by atoms with van der Waals surface area (Å²) in [5.74, 6) is 1.09. The second kappa shape index (κ2) is 5.98. The molecule has 1 saturated heterocycles. The monoisotopic (exact) mass is 317 g/mol. The number of rotatable bonds is 2. The highest BCUT2D eigenvalue weighted by Crippen LogP contribution is 2.18. The van der Waals surface area contributed by atoms with Gasteiger partial charge in [-0.3, -0.25) is 5.32 Å². The quantitative estimate of drug-likeness (QED) is 0.746. The van der Waals surface area contributed by atoms with E-state index in [9.17, 15) is 15.0 Å². The summed E-state index contributed by atoms with van der Waals surface area (Å²) < 4.78 is 1.56. The molecule has 0 saturated carbocycles. The minimum Gasteiger partial charge on any atom is -0.388 e. The highest BCUT2D eigenvalue weighted by Gasteiger charge is 2.32. The highest BCUT2D eigenvalue weighted by atomic mass is 16.3. The first-order valence-corrected chi connectivity index (χ1v) is 7.36. The largest absolute Gasteiger partial charge is 0.388 e. The van der Waals surface area contributed by atoms with Crippen LogP contribution in [0.2, 0.25) is 0 Å².